The van der Waals surface area contributed by atoms with Crippen LogP contribution in [-0.4, -0.2) is 58.2 Å². The van der Waals surface area contributed by atoms with Crippen molar-refractivity contribution in [1.82, 2.24) is 24.9 Å². The number of anilines is 1. The molecule has 5 rings (SSSR count). The third-order valence-corrected chi connectivity index (χ3v) is 6.84. The number of hydrogen-bond acceptors (Lipinski definition) is 8. The molecule has 2 aromatic carbocycles. The van der Waals surface area contributed by atoms with Crippen LogP contribution in [0.1, 0.15) is 19.3 Å². The number of benzene rings is 2. The summed E-state index contributed by atoms with van der Waals surface area (Å²) in [4.78, 5) is 9.73. The molecule has 166 valence electrons. The molecular formula is C22H24N6O3S. The van der Waals surface area contributed by atoms with Crippen molar-refractivity contribution in [3.05, 3.63) is 48.5 Å². The molecule has 1 aliphatic rings. The van der Waals surface area contributed by atoms with E-state index in [1.807, 2.05) is 24.3 Å². The first-order chi connectivity index (χ1) is 15.4. The molecule has 0 bridgehead atoms. The van der Waals surface area contributed by atoms with E-state index in [9.17, 15) is 13.5 Å². The molecule has 2 aromatic heterocycles. The minimum atomic E-state index is -3.28. The molecule has 1 aliphatic heterocycles. The van der Waals surface area contributed by atoms with Gasteiger partial charge in [-0.3, -0.25) is 5.32 Å². The molecule has 9 nitrogen and oxygen atoms in total. The largest absolute Gasteiger partial charge is 0.376 e. The Kier molecular flexibility index (Phi) is 5.28. The maximum absolute atomic E-state index is 11.8. The van der Waals surface area contributed by atoms with Crippen LogP contribution >= 0.6 is 0 Å². The molecular weight excluding hydrogens is 428 g/mol. The quantitative estimate of drug-likeness (QED) is 0.431. The summed E-state index contributed by atoms with van der Waals surface area (Å²) >= 11 is 0. The molecule has 10 heteroatoms. The van der Waals surface area contributed by atoms with Crippen LogP contribution in [0.2, 0.25) is 0 Å². The first kappa shape index (κ1) is 20.8. The number of aliphatic hydroxyl groups is 1. The van der Waals surface area contributed by atoms with Gasteiger partial charge in [-0.1, -0.05) is 12.1 Å². The maximum Gasteiger partial charge on any atom is 0.226 e. The van der Waals surface area contributed by atoms with Crippen molar-refractivity contribution in [3.8, 4) is 11.4 Å². The molecule has 0 spiro atoms. The van der Waals surface area contributed by atoms with Gasteiger partial charge in [0.2, 0.25) is 5.95 Å². The van der Waals surface area contributed by atoms with Gasteiger partial charge in [-0.15, -0.1) is 5.10 Å². The van der Waals surface area contributed by atoms with Crippen molar-refractivity contribution in [2.45, 2.75) is 36.4 Å². The lowest BCUT2D eigenvalue weighted by Gasteiger charge is -2.23. The highest BCUT2D eigenvalue weighted by molar-refractivity contribution is 7.90. The Morgan fingerprint density at radius 3 is 2.66 bits per heavy atom. The van der Waals surface area contributed by atoms with Gasteiger partial charge in [-0.05, 0) is 62.2 Å². The van der Waals surface area contributed by atoms with Crippen molar-refractivity contribution in [2.75, 3.05) is 18.1 Å². The Bertz CT molecular complexity index is 1380. The van der Waals surface area contributed by atoms with Gasteiger partial charge in [0.05, 0.1) is 16.5 Å². The molecule has 3 heterocycles. The highest BCUT2D eigenvalue weighted by Crippen LogP contribution is 2.26. The highest BCUT2D eigenvalue weighted by atomic mass is 32.2. The molecule has 0 saturated carbocycles. The van der Waals surface area contributed by atoms with Gasteiger partial charge in [0.25, 0.3) is 0 Å². The Hall–Kier alpha value is -3.08. The average Bonchev–Trinajstić information content (AvgIpc) is 3.14. The van der Waals surface area contributed by atoms with Crippen molar-refractivity contribution in [1.29, 1.82) is 0 Å². The van der Waals surface area contributed by atoms with Crippen LogP contribution in [-0.2, 0) is 9.84 Å². The molecule has 2 atom stereocenters. The molecule has 0 aliphatic carbocycles. The van der Waals surface area contributed by atoms with Crippen LogP contribution in [0.5, 0.6) is 0 Å². The molecule has 0 radical (unpaired) electrons. The number of fused-ring (bicyclic) bond motifs is 3. The fourth-order valence-electron chi connectivity index (χ4n) is 3.98. The van der Waals surface area contributed by atoms with Crippen molar-refractivity contribution >= 4 is 32.3 Å². The lowest BCUT2D eigenvalue weighted by atomic mass is 10.1. The Balaban J connectivity index is 1.61. The summed E-state index contributed by atoms with van der Waals surface area (Å²) in [6, 6.07) is 14.0. The Morgan fingerprint density at radius 2 is 1.88 bits per heavy atom. The normalized spacial score (nSPS) is 19.8. The molecule has 1 unspecified atom stereocenters. The second-order valence-corrected chi connectivity index (χ2v) is 10.1. The maximum atomic E-state index is 11.8. The van der Waals surface area contributed by atoms with E-state index in [0.29, 0.717) is 23.0 Å². The van der Waals surface area contributed by atoms with E-state index in [2.05, 4.69) is 15.7 Å². The molecule has 1 saturated heterocycles. The first-order valence-electron chi connectivity index (χ1n) is 10.5. The number of aromatic nitrogens is 4. The van der Waals surface area contributed by atoms with Crippen molar-refractivity contribution in [2.24, 2.45) is 0 Å². The van der Waals surface area contributed by atoms with E-state index in [4.69, 9.17) is 9.97 Å². The zero-order valence-electron chi connectivity index (χ0n) is 17.6. The van der Waals surface area contributed by atoms with Crippen molar-refractivity contribution < 1.29 is 13.5 Å². The number of nitrogens with zero attached hydrogens (tertiary/aromatic N) is 4. The predicted octanol–water partition coefficient (Wildman–Crippen LogP) is 2.22. The fraction of sp³-hybridized carbons (Fsp3) is 0.318. The number of rotatable bonds is 4. The standard InChI is InChI=1S/C22H24N6O3S/c1-32(30,31)15-11-9-14(10-12-15)19-26-20-16-6-2-3-7-17(16)24-22(28(20)27-19)25-18-8-4-5-13-23-21(18)29/h2-3,6-7,9-12,18,21,23,29H,4-5,8,13H2,1H3,(H,24,25)/t18-,21?/m1/s1. The van der Waals surface area contributed by atoms with Gasteiger partial charge in [0, 0.05) is 17.2 Å². The van der Waals surface area contributed by atoms with Crippen molar-refractivity contribution in [3.63, 3.8) is 0 Å². The summed E-state index contributed by atoms with van der Waals surface area (Å²) in [5.74, 6) is 0.962. The summed E-state index contributed by atoms with van der Waals surface area (Å²) in [5, 5.41) is 22.5. The summed E-state index contributed by atoms with van der Waals surface area (Å²) < 4.78 is 25.2. The van der Waals surface area contributed by atoms with Gasteiger partial charge in [0.15, 0.2) is 21.3 Å². The van der Waals surface area contributed by atoms with Crippen LogP contribution < -0.4 is 10.6 Å². The molecule has 0 amide bonds. The van der Waals surface area contributed by atoms with Crippen LogP contribution in [0, 0.1) is 0 Å². The Labute approximate surface area is 185 Å². The summed E-state index contributed by atoms with van der Waals surface area (Å²) in [7, 11) is -3.28. The lowest BCUT2D eigenvalue weighted by Crippen LogP contribution is -2.43. The first-order valence-corrected chi connectivity index (χ1v) is 12.4. The van der Waals surface area contributed by atoms with E-state index in [-0.39, 0.29) is 10.9 Å². The third kappa shape index (κ3) is 3.92. The smallest absolute Gasteiger partial charge is 0.226 e. The SMILES string of the molecule is CS(=O)(=O)c1ccc(-c2nc3c4ccccc4nc(N[C@@H]4CCCCNC4O)n3n2)cc1. The van der Waals surface area contributed by atoms with Crippen LogP contribution in [0.4, 0.5) is 5.95 Å². The minimum absolute atomic E-state index is 0.212. The number of hydrogen-bond donors (Lipinski definition) is 3. The molecule has 4 aromatic rings. The fourth-order valence-corrected chi connectivity index (χ4v) is 4.61. The predicted molar refractivity (Wildman–Crippen MR) is 122 cm³/mol. The van der Waals surface area contributed by atoms with Gasteiger partial charge in [-0.2, -0.15) is 4.52 Å². The van der Waals surface area contributed by atoms with Gasteiger partial charge >= 0.3 is 0 Å². The number of aliphatic hydroxyl groups excluding tert-OH is 1. The van der Waals surface area contributed by atoms with Gasteiger partial charge in [-0.25, -0.2) is 18.4 Å². The zero-order valence-corrected chi connectivity index (χ0v) is 18.4. The van der Waals surface area contributed by atoms with E-state index in [1.54, 1.807) is 28.8 Å². The average molecular weight is 453 g/mol. The monoisotopic (exact) mass is 452 g/mol. The molecule has 1 fully saturated rings. The summed E-state index contributed by atoms with van der Waals surface area (Å²) in [6.45, 7) is 0.775. The minimum Gasteiger partial charge on any atom is -0.376 e. The van der Waals surface area contributed by atoms with Crippen LogP contribution in [0.25, 0.3) is 27.9 Å². The van der Waals surface area contributed by atoms with E-state index in [0.717, 1.165) is 36.7 Å². The number of sulfone groups is 1. The van der Waals surface area contributed by atoms with E-state index < -0.39 is 16.1 Å². The number of nitrogens with one attached hydrogen (secondary N) is 2. The van der Waals surface area contributed by atoms with E-state index >= 15 is 0 Å². The van der Waals surface area contributed by atoms with E-state index in [1.165, 1.54) is 6.26 Å². The summed E-state index contributed by atoms with van der Waals surface area (Å²) in [6.07, 6.45) is 3.30. The summed E-state index contributed by atoms with van der Waals surface area (Å²) in [5.41, 5.74) is 2.11. The highest BCUT2D eigenvalue weighted by Gasteiger charge is 2.24. The molecule has 32 heavy (non-hydrogen) atoms. The third-order valence-electron chi connectivity index (χ3n) is 5.71. The molecule has 3 N–H and O–H groups in total. The number of para-hydroxylation sites is 1. The topological polar surface area (TPSA) is 122 Å². The second-order valence-electron chi connectivity index (χ2n) is 8.07. The van der Waals surface area contributed by atoms with Crippen LogP contribution in [0.15, 0.2) is 53.4 Å². The van der Waals surface area contributed by atoms with Gasteiger partial charge in [0.1, 0.15) is 6.23 Å². The Morgan fingerprint density at radius 1 is 1.09 bits per heavy atom. The zero-order chi connectivity index (χ0) is 22.3. The van der Waals surface area contributed by atoms with Gasteiger partial charge < -0.3 is 10.4 Å². The van der Waals surface area contributed by atoms with Crippen LogP contribution in [0.3, 0.4) is 0 Å². The lowest BCUT2D eigenvalue weighted by molar-refractivity contribution is 0.121. The second kappa shape index (κ2) is 8.12.